The second kappa shape index (κ2) is 6.68. The van der Waals surface area contributed by atoms with E-state index in [2.05, 4.69) is 53.0 Å². The highest BCUT2D eigenvalue weighted by Crippen LogP contribution is 2.30. The fourth-order valence-electron chi connectivity index (χ4n) is 3.98. The number of hydrogen-bond acceptors (Lipinski definition) is 8. The van der Waals surface area contributed by atoms with E-state index in [1.54, 1.807) is 6.33 Å². The van der Waals surface area contributed by atoms with Gasteiger partial charge in [-0.3, -0.25) is 0 Å². The number of aryl methyl sites for hydroxylation is 1. The largest absolute Gasteiger partial charge is 0.368 e. The molecule has 3 aromatic rings. The van der Waals surface area contributed by atoms with E-state index in [-0.39, 0.29) is 0 Å². The van der Waals surface area contributed by atoms with E-state index in [4.69, 9.17) is 4.52 Å². The lowest BCUT2D eigenvalue weighted by Crippen LogP contribution is -2.46. The minimum atomic E-state index is 0.621. The number of aromatic nitrogens is 4. The van der Waals surface area contributed by atoms with Crippen molar-refractivity contribution >= 4 is 28.4 Å². The maximum Gasteiger partial charge on any atom is 0.324 e. The molecule has 1 aromatic carbocycles. The molecule has 27 heavy (non-hydrogen) atoms. The second-order valence-corrected chi connectivity index (χ2v) is 7.19. The van der Waals surface area contributed by atoms with Crippen molar-refractivity contribution in [1.82, 2.24) is 20.1 Å². The Kier molecular flexibility index (Phi) is 4.03. The van der Waals surface area contributed by atoms with Gasteiger partial charge < -0.3 is 19.2 Å². The zero-order valence-corrected chi connectivity index (χ0v) is 15.5. The van der Waals surface area contributed by atoms with E-state index in [0.29, 0.717) is 11.8 Å². The van der Waals surface area contributed by atoms with Gasteiger partial charge in [0.05, 0.1) is 5.52 Å². The van der Waals surface area contributed by atoms with Gasteiger partial charge in [0, 0.05) is 50.3 Å². The summed E-state index contributed by atoms with van der Waals surface area (Å²) in [5.41, 5.74) is 2.23. The average molecular weight is 365 g/mol. The standard InChI is InChI=1S/C19H23N7O/c1-14-22-19(27-23-14)26-10-8-24(9-11-26)15-4-5-17-16(12-15)18(21-13-20-17)25-6-2-3-7-25/h4-5,12-13H,2-3,6-11H2,1H3. The molecule has 0 N–H and O–H groups in total. The van der Waals surface area contributed by atoms with Crippen molar-refractivity contribution in [3.63, 3.8) is 0 Å². The molecule has 0 unspecified atom stereocenters. The first-order valence-corrected chi connectivity index (χ1v) is 9.58. The van der Waals surface area contributed by atoms with Gasteiger partial charge in [-0.25, -0.2) is 9.97 Å². The van der Waals surface area contributed by atoms with E-state index >= 15 is 0 Å². The average Bonchev–Trinajstić information content (AvgIpc) is 3.39. The first-order valence-electron chi connectivity index (χ1n) is 9.58. The Morgan fingerprint density at radius 2 is 1.67 bits per heavy atom. The maximum atomic E-state index is 5.30. The van der Waals surface area contributed by atoms with Crippen LogP contribution in [0.15, 0.2) is 29.0 Å². The Balaban J connectivity index is 1.38. The highest BCUT2D eigenvalue weighted by atomic mass is 16.5. The molecule has 0 radical (unpaired) electrons. The number of anilines is 3. The molecule has 2 fully saturated rings. The summed E-state index contributed by atoms with van der Waals surface area (Å²) < 4.78 is 5.30. The number of rotatable bonds is 3. The fourth-order valence-corrected chi connectivity index (χ4v) is 3.98. The topological polar surface area (TPSA) is 74.4 Å². The van der Waals surface area contributed by atoms with Crippen LogP contribution in [0.4, 0.5) is 17.5 Å². The number of nitrogens with zero attached hydrogens (tertiary/aromatic N) is 7. The lowest BCUT2D eigenvalue weighted by atomic mass is 10.1. The molecule has 2 aliphatic heterocycles. The Labute approximate surface area is 157 Å². The summed E-state index contributed by atoms with van der Waals surface area (Å²) in [6.45, 7) is 7.57. The second-order valence-electron chi connectivity index (χ2n) is 7.19. The SMILES string of the molecule is Cc1noc(N2CCN(c3ccc4ncnc(N5CCCC5)c4c3)CC2)n1. The van der Waals surface area contributed by atoms with Crippen molar-refractivity contribution in [1.29, 1.82) is 0 Å². The van der Waals surface area contributed by atoms with E-state index in [1.807, 2.05) is 6.92 Å². The van der Waals surface area contributed by atoms with Crippen LogP contribution in [0.3, 0.4) is 0 Å². The third-order valence-electron chi connectivity index (χ3n) is 5.44. The van der Waals surface area contributed by atoms with E-state index in [1.165, 1.54) is 18.5 Å². The van der Waals surface area contributed by atoms with E-state index in [9.17, 15) is 0 Å². The Morgan fingerprint density at radius 3 is 2.41 bits per heavy atom. The molecule has 0 amide bonds. The highest BCUT2D eigenvalue weighted by Gasteiger charge is 2.22. The third kappa shape index (κ3) is 3.05. The monoisotopic (exact) mass is 365 g/mol. The van der Waals surface area contributed by atoms with Crippen molar-refractivity contribution in [2.75, 3.05) is 54.0 Å². The number of hydrogen-bond donors (Lipinski definition) is 0. The van der Waals surface area contributed by atoms with Gasteiger partial charge in [0.15, 0.2) is 5.82 Å². The molecule has 4 heterocycles. The molecule has 2 saturated heterocycles. The van der Waals surface area contributed by atoms with Crippen LogP contribution in [-0.2, 0) is 0 Å². The maximum absolute atomic E-state index is 5.30. The predicted molar refractivity (Wildman–Crippen MR) is 104 cm³/mol. The summed E-state index contributed by atoms with van der Waals surface area (Å²) in [7, 11) is 0. The molecule has 140 valence electrons. The van der Waals surface area contributed by atoms with E-state index in [0.717, 1.165) is 56.0 Å². The summed E-state index contributed by atoms with van der Waals surface area (Å²) in [4.78, 5) is 20.3. The van der Waals surface area contributed by atoms with Crippen LogP contribution in [0, 0.1) is 6.92 Å². The molecular weight excluding hydrogens is 342 g/mol. The third-order valence-corrected chi connectivity index (χ3v) is 5.44. The van der Waals surface area contributed by atoms with Gasteiger partial charge in [-0.1, -0.05) is 5.16 Å². The molecule has 0 spiro atoms. The minimum Gasteiger partial charge on any atom is -0.368 e. The van der Waals surface area contributed by atoms with E-state index < -0.39 is 0 Å². The van der Waals surface area contributed by atoms with Crippen LogP contribution in [0.2, 0.25) is 0 Å². The molecule has 0 atom stereocenters. The quantitative estimate of drug-likeness (QED) is 0.700. The number of benzene rings is 1. The minimum absolute atomic E-state index is 0.621. The van der Waals surface area contributed by atoms with Crippen LogP contribution >= 0.6 is 0 Å². The van der Waals surface area contributed by atoms with Gasteiger partial charge in [0.1, 0.15) is 12.1 Å². The molecule has 0 saturated carbocycles. The lowest BCUT2D eigenvalue weighted by molar-refractivity contribution is 0.404. The number of fused-ring (bicyclic) bond motifs is 1. The van der Waals surface area contributed by atoms with Gasteiger partial charge in [0.25, 0.3) is 0 Å². The zero-order valence-electron chi connectivity index (χ0n) is 15.5. The van der Waals surface area contributed by atoms with Crippen molar-refractivity contribution in [2.24, 2.45) is 0 Å². The normalized spacial score (nSPS) is 17.9. The Bertz CT molecular complexity index is 942. The summed E-state index contributed by atoms with van der Waals surface area (Å²) >= 11 is 0. The fraction of sp³-hybridized carbons (Fsp3) is 0.474. The first kappa shape index (κ1) is 16.3. The van der Waals surface area contributed by atoms with Gasteiger partial charge in [-0.15, -0.1) is 0 Å². The molecular formula is C19H23N7O. The van der Waals surface area contributed by atoms with Crippen LogP contribution < -0.4 is 14.7 Å². The zero-order chi connectivity index (χ0) is 18.2. The Hall–Kier alpha value is -2.90. The van der Waals surface area contributed by atoms with Crippen LogP contribution in [0.5, 0.6) is 0 Å². The summed E-state index contributed by atoms with van der Waals surface area (Å²) in [5, 5.41) is 5.04. The molecule has 2 aliphatic rings. The molecule has 5 rings (SSSR count). The van der Waals surface area contributed by atoms with Crippen LogP contribution in [0.25, 0.3) is 10.9 Å². The van der Waals surface area contributed by atoms with Crippen molar-refractivity contribution in [3.05, 3.63) is 30.4 Å². The summed E-state index contributed by atoms with van der Waals surface area (Å²) in [6, 6.07) is 7.14. The van der Waals surface area contributed by atoms with Crippen molar-refractivity contribution < 1.29 is 4.52 Å². The van der Waals surface area contributed by atoms with Crippen molar-refractivity contribution in [2.45, 2.75) is 19.8 Å². The predicted octanol–water partition coefficient (Wildman–Crippen LogP) is 2.25. The summed E-state index contributed by atoms with van der Waals surface area (Å²) in [5.74, 6) is 1.75. The van der Waals surface area contributed by atoms with Gasteiger partial charge in [-0.2, -0.15) is 4.98 Å². The van der Waals surface area contributed by atoms with Gasteiger partial charge >= 0.3 is 6.01 Å². The van der Waals surface area contributed by atoms with Crippen LogP contribution in [-0.4, -0.2) is 59.4 Å². The summed E-state index contributed by atoms with van der Waals surface area (Å²) in [6.07, 6.45) is 4.16. The molecule has 8 heteroatoms. The molecule has 8 nitrogen and oxygen atoms in total. The molecule has 2 aromatic heterocycles. The molecule has 0 bridgehead atoms. The lowest BCUT2D eigenvalue weighted by Gasteiger charge is -2.35. The van der Waals surface area contributed by atoms with Crippen LogP contribution in [0.1, 0.15) is 18.7 Å². The van der Waals surface area contributed by atoms with Gasteiger partial charge in [-0.05, 0) is 38.0 Å². The Morgan fingerprint density at radius 1 is 0.889 bits per heavy atom. The number of piperazine rings is 1. The van der Waals surface area contributed by atoms with Crippen molar-refractivity contribution in [3.8, 4) is 0 Å². The van der Waals surface area contributed by atoms with Gasteiger partial charge in [0.2, 0.25) is 0 Å². The smallest absolute Gasteiger partial charge is 0.324 e. The highest BCUT2D eigenvalue weighted by molar-refractivity contribution is 5.92. The molecule has 0 aliphatic carbocycles. The first-order chi connectivity index (χ1) is 13.3.